The molecule has 2 N–H and O–H groups in total. The van der Waals surface area contributed by atoms with Crippen molar-refractivity contribution >= 4 is 11.9 Å². The van der Waals surface area contributed by atoms with Crippen molar-refractivity contribution in [1.82, 2.24) is 4.90 Å². The van der Waals surface area contributed by atoms with Crippen LogP contribution in [0, 0.1) is 5.92 Å². The molecule has 0 heterocycles. The van der Waals surface area contributed by atoms with Gasteiger partial charge in [0.2, 0.25) is 0 Å². The van der Waals surface area contributed by atoms with Gasteiger partial charge in [0.25, 0.3) is 5.91 Å². The molecule has 0 aromatic heterocycles. The van der Waals surface area contributed by atoms with Crippen molar-refractivity contribution in [1.29, 1.82) is 0 Å². The summed E-state index contributed by atoms with van der Waals surface area (Å²) >= 11 is 0. The molecule has 1 amide bonds. The van der Waals surface area contributed by atoms with Crippen LogP contribution in [0.3, 0.4) is 0 Å². The molecule has 0 aliphatic rings. The van der Waals surface area contributed by atoms with Crippen molar-refractivity contribution < 1.29 is 19.8 Å². The maximum atomic E-state index is 12.1. The van der Waals surface area contributed by atoms with E-state index < -0.39 is 11.9 Å². The molecule has 0 unspecified atom stereocenters. The molecule has 1 rings (SSSR count). The SMILES string of the molecule is CC(C)CN(CC(=O)O)C(=O)c1ccccc1O. The lowest BCUT2D eigenvalue weighted by atomic mass is 10.1. The highest BCUT2D eigenvalue weighted by Crippen LogP contribution is 2.18. The molecule has 0 atom stereocenters. The van der Waals surface area contributed by atoms with E-state index in [4.69, 9.17) is 5.11 Å². The van der Waals surface area contributed by atoms with Gasteiger partial charge in [-0.1, -0.05) is 26.0 Å². The second kappa shape index (κ2) is 6.05. The van der Waals surface area contributed by atoms with Crippen molar-refractivity contribution in [3.63, 3.8) is 0 Å². The van der Waals surface area contributed by atoms with Crippen molar-refractivity contribution in [3.8, 4) is 5.75 Å². The van der Waals surface area contributed by atoms with Crippen LogP contribution in [-0.2, 0) is 4.79 Å². The second-order valence-electron chi connectivity index (χ2n) is 4.49. The van der Waals surface area contributed by atoms with Gasteiger partial charge in [0.1, 0.15) is 12.3 Å². The number of carboxylic acids is 1. The lowest BCUT2D eigenvalue weighted by Crippen LogP contribution is -2.38. The van der Waals surface area contributed by atoms with Gasteiger partial charge in [0, 0.05) is 6.54 Å². The fraction of sp³-hybridized carbons (Fsp3) is 0.385. The molecule has 0 spiro atoms. The standard InChI is InChI=1S/C13H17NO4/c1-9(2)7-14(8-12(16)17)13(18)10-5-3-4-6-11(10)15/h3-6,9,15H,7-8H2,1-2H3,(H,16,17). The number of nitrogens with zero attached hydrogens (tertiary/aromatic N) is 1. The predicted molar refractivity (Wildman–Crippen MR) is 66.5 cm³/mol. The minimum Gasteiger partial charge on any atom is -0.507 e. The van der Waals surface area contributed by atoms with E-state index in [0.29, 0.717) is 6.54 Å². The third-order valence-corrected chi connectivity index (χ3v) is 2.33. The number of carbonyl (C=O) groups excluding carboxylic acids is 1. The Balaban J connectivity index is 2.95. The first-order chi connectivity index (χ1) is 8.41. The van der Waals surface area contributed by atoms with E-state index in [1.54, 1.807) is 12.1 Å². The van der Waals surface area contributed by atoms with E-state index in [2.05, 4.69) is 0 Å². The Bertz CT molecular complexity index is 442. The summed E-state index contributed by atoms with van der Waals surface area (Å²) in [5.41, 5.74) is 0.124. The average Bonchev–Trinajstić information content (AvgIpc) is 2.26. The molecule has 98 valence electrons. The van der Waals surface area contributed by atoms with E-state index in [-0.39, 0.29) is 23.8 Å². The first-order valence-electron chi connectivity index (χ1n) is 5.71. The smallest absolute Gasteiger partial charge is 0.323 e. The van der Waals surface area contributed by atoms with Crippen LogP contribution in [0.2, 0.25) is 0 Å². The third kappa shape index (κ3) is 3.76. The monoisotopic (exact) mass is 251 g/mol. The van der Waals surface area contributed by atoms with Crippen molar-refractivity contribution in [2.75, 3.05) is 13.1 Å². The molecule has 5 nitrogen and oxygen atoms in total. The van der Waals surface area contributed by atoms with Crippen LogP contribution in [0.5, 0.6) is 5.75 Å². The van der Waals surface area contributed by atoms with Crippen LogP contribution in [0.1, 0.15) is 24.2 Å². The van der Waals surface area contributed by atoms with Crippen LogP contribution in [0.4, 0.5) is 0 Å². The number of phenolic OH excluding ortho intramolecular Hbond substituents is 1. The number of carbonyl (C=O) groups is 2. The van der Waals surface area contributed by atoms with Gasteiger partial charge in [-0.2, -0.15) is 0 Å². The number of aliphatic carboxylic acids is 1. The highest BCUT2D eigenvalue weighted by Gasteiger charge is 2.21. The third-order valence-electron chi connectivity index (χ3n) is 2.33. The summed E-state index contributed by atoms with van der Waals surface area (Å²) in [6.07, 6.45) is 0. The lowest BCUT2D eigenvalue weighted by Gasteiger charge is -2.23. The average molecular weight is 251 g/mol. The normalized spacial score (nSPS) is 10.4. The van der Waals surface area contributed by atoms with Crippen LogP contribution >= 0.6 is 0 Å². The molecule has 1 aromatic carbocycles. The summed E-state index contributed by atoms with van der Waals surface area (Å²) in [7, 11) is 0. The Kier molecular flexibility index (Phi) is 4.71. The highest BCUT2D eigenvalue weighted by atomic mass is 16.4. The molecule has 1 aromatic rings. The highest BCUT2D eigenvalue weighted by molar-refractivity contribution is 5.98. The molecule has 5 heteroatoms. The molecule has 0 bridgehead atoms. The number of aromatic hydroxyl groups is 1. The topological polar surface area (TPSA) is 77.8 Å². The maximum absolute atomic E-state index is 12.1. The predicted octanol–water partition coefficient (Wildman–Crippen LogP) is 1.57. The number of para-hydroxylation sites is 1. The zero-order valence-corrected chi connectivity index (χ0v) is 10.5. The Morgan fingerprint density at radius 2 is 1.89 bits per heavy atom. The minimum atomic E-state index is -1.07. The van der Waals surface area contributed by atoms with Crippen molar-refractivity contribution in [2.45, 2.75) is 13.8 Å². The molecule has 0 aliphatic carbocycles. The lowest BCUT2D eigenvalue weighted by molar-refractivity contribution is -0.137. The first-order valence-corrected chi connectivity index (χ1v) is 5.71. The summed E-state index contributed by atoms with van der Waals surface area (Å²) in [6.45, 7) is 3.75. The number of carboxylic acid groups (broad SMARTS) is 1. The number of amides is 1. The maximum Gasteiger partial charge on any atom is 0.323 e. The van der Waals surface area contributed by atoms with Crippen molar-refractivity contribution in [3.05, 3.63) is 29.8 Å². The number of phenols is 1. The zero-order valence-electron chi connectivity index (χ0n) is 10.5. The summed E-state index contributed by atoms with van der Waals surface area (Å²) in [4.78, 5) is 24.1. The van der Waals surface area contributed by atoms with E-state index in [1.165, 1.54) is 17.0 Å². The summed E-state index contributed by atoms with van der Waals surface area (Å²) in [5.74, 6) is -1.52. The van der Waals surface area contributed by atoms with Gasteiger partial charge in [0.05, 0.1) is 5.56 Å². The Morgan fingerprint density at radius 1 is 1.28 bits per heavy atom. The Hall–Kier alpha value is -2.04. The van der Waals surface area contributed by atoms with E-state index in [9.17, 15) is 14.7 Å². The van der Waals surface area contributed by atoms with Crippen LogP contribution in [0.15, 0.2) is 24.3 Å². The summed E-state index contributed by atoms with van der Waals surface area (Å²) in [6, 6.07) is 6.12. The molecule has 0 saturated carbocycles. The van der Waals surface area contributed by atoms with Gasteiger partial charge in [0.15, 0.2) is 0 Å². The van der Waals surface area contributed by atoms with E-state index in [1.807, 2.05) is 13.8 Å². The van der Waals surface area contributed by atoms with Crippen LogP contribution < -0.4 is 0 Å². The second-order valence-corrected chi connectivity index (χ2v) is 4.49. The molecule has 18 heavy (non-hydrogen) atoms. The Labute approximate surface area is 106 Å². The fourth-order valence-electron chi connectivity index (χ4n) is 1.65. The summed E-state index contributed by atoms with van der Waals surface area (Å²) in [5, 5.41) is 18.4. The molecule has 0 aliphatic heterocycles. The van der Waals surface area contributed by atoms with Crippen molar-refractivity contribution in [2.24, 2.45) is 5.92 Å². The van der Waals surface area contributed by atoms with Gasteiger partial charge < -0.3 is 15.1 Å². The van der Waals surface area contributed by atoms with Gasteiger partial charge in [-0.3, -0.25) is 9.59 Å². The van der Waals surface area contributed by atoms with E-state index >= 15 is 0 Å². The van der Waals surface area contributed by atoms with E-state index in [0.717, 1.165) is 0 Å². The Morgan fingerprint density at radius 3 is 2.39 bits per heavy atom. The quantitative estimate of drug-likeness (QED) is 0.832. The molecule has 0 radical (unpaired) electrons. The van der Waals surface area contributed by atoms with Gasteiger partial charge in [-0.15, -0.1) is 0 Å². The molecular weight excluding hydrogens is 234 g/mol. The zero-order chi connectivity index (χ0) is 13.7. The van der Waals surface area contributed by atoms with Gasteiger partial charge in [-0.05, 0) is 18.1 Å². The minimum absolute atomic E-state index is 0.124. The number of hydrogen-bond acceptors (Lipinski definition) is 3. The number of rotatable bonds is 5. The molecule has 0 fully saturated rings. The van der Waals surface area contributed by atoms with Gasteiger partial charge >= 0.3 is 5.97 Å². The van der Waals surface area contributed by atoms with Gasteiger partial charge in [-0.25, -0.2) is 0 Å². The number of hydrogen-bond donors (Lipinski definition) is 2. The summed E-state index contributed by atoms with van der Waals surface area (Å²) < 4.78 is 0. The number of benzene rings is 1. The van der Waals surface area contributed by atoms with Crippen LogP contribution in [0.25, 0.3) is 0 Å². The first kappa shape index (κ1) is 14.0. The fourth-order valence-corrected chi connectivity index (χ4v) is 1.65. The molecular formula is C13H17NO4. The largest absolute Gasteiger partial charge is 0.507 e. The molecule has 0 saturated heterocycles. The van der Waals surface area contributed by atoms with Crippen LogP contribution in [-0.4, -0.2) is 40.1 Å².